The first kappa shape index (κ1) is 16.9. The van der Waals surface area contributed by atoms with E-state index in [2.05, 4.69) is 38.7 Å². The zero-order valence-electron chi connectivity index (χ0n) is 14.7. The Morgan fingerprint density at radius 2 is 1.92 bits per heavy atom. The van der Waals surface area contributed by atoms with Gasteiger partial charge in [-0.05, 0) is 30.0 Å². The van der Waals surface area contributed by atoms with Crippen LogP contribution in [0.1, 0.15) is 21.1 Å². The molecule has 0 unspecified atom stereocenters. The predicted molar refractivity (Wildman–Crippen MR) is 102 cm³/mol. The average Bonchev–Trinajstić information content (AvgIpc) is 3.34. The third-order valence-electron chi connectivity index (χ3n) is 4.75. The number of rotatable bonds is 4. The van der Waals surface area contributed by atoms with Crippen molar-refractivity contribution in [2.75, 3.05) is 26.2 Å². The van der Waals surface area contributed by atoms with Gasteiger partial charge in [0.15, 0.2) is 5.82 Å². The molecule has 3 heterocycles. The van der Waals surface area contributed by atoms with Crippen molar-refractivity contribution in [1.82, 2.24) is 24.6 Å². The van der Waals surface area contributed by atoms with E-state index in [1.54, 1.807) is 6.33 Å². The normalized spacial score (nSPS) is 15.3. The minimum atomic E-state index is 0.141. The molecule has 0 N–H and O–H groups in total. The van der Waals surface area contributed by atoms with Crippen LogP contribution in [-0.2, 0) is 6.54 Å². The monoisotopic (exact) mass is 367 g/mol. The maximum Gasteiger partial charge on any atom is 0.264 e. The van der Waals surface area contributed by atoms with Gasteiger partial charge in [-0.3, -0.25) is 14.3 Å². The van der Waals surface area contributed by atoms with Gasteiger partial charge in [-0.15, -0.1) is 21.5 Å². The van der Waals surface area contributed by atoms with E-state index in [4.69, 9.17) is 0 Å². The van der Waals surface area contributed by atoms with Gasteiger partial charge < -0.3 is 4.90 Å². The fraction of sp³-hybridized carbons (Fsp3) is 0.316. The quantitative estimate of drug-likeness (QED) is 0.711. The lowest BCUT2D eigenvalue weighted by Crippen LogP contribution is -2.48. The highest BCUT2D eigenvalue weighted by atomic mass is 32.1. The summed E-state index contributed by atoms with van der Waals surface area (Å²) in [6, 6.07) is 12.1. The van der Waals surface area contributed by atoms with Crippen molar-refractivity contribution in [1.29, 1.82) is 0 Å². The SMILES string of the molecule is Cc1ccccc1-n1cnnc1CN1CCN(C(=O)c2cccs2)CC1. The molecule has 1 aliphatic heterocycles. The Bertz CT molecular complexity index is 881. The number of hydrogen-bond acceptors (Lipinski definition) is 5. The van der Waals surface area contributed by atoms with Crippen LogP contribution >= 0.6 is 11.3 Å². The Kier molecular flexibility index (Phi) is 4.81. The summed E-state index contributed by atoms with van der Waals surface area (Å²) in [6.45, 7) is 6.00. The summed E-state index contributed by atoms with van der Waals surface area (Å²) < 4.78 is 2.05. The first-order chi connectivity index (χ1) is 12.7. The molecule has 0 aliphatic carbocycles. The van der Waals surface area contributed by atoms with Crippen LogP contribution in [0, 0.1) is 6.92 Å². The number of thiophene rings is 1. The lowest BCUT2D eigenvalue weighted by Gasteiger charge is -2.34. The summed E-state index contributed by atoms with van der Waals surface area (Å²) >= 11 is 1.50. The maximum absolute atomic E-state index is 12.5. The van der Waals surface area contributed by atoms with Gasteiger partial charge in [0.25, 0.3) is 5.91 Å². The maximum atomic E-state index is 12.5. The predicted octanol–water partition coefficient (Wildman–Crippen LogP) is 2.60. The van der Waals surface area contributed by atoms with Crippen molar-refractivity contribution >= 4 is 17.2 Å². The van der Waals surface area contributed by atoms with E-state index < -0.39 is 0 Å². The molecule has 0 bridgehead atoms. The van der Waals surface area contributed by atoms with E-state index in [0.717, 1.165) is 49.1 Å². The summed E-state index contributed by atoms with van der Waals surface area (Å²) in [5, 5.41) is 10.4. The lowest BCUT2D eigenvalue weighted by atomic mass is 10.2. The fourth-order valence-corrected chi connectivity index (χ4v) is 3.96. The highest BCUT2D eigenvalue weighted by Gasteiger charge is 2.23. The summed E-state index contributed by atoms with van der Waals surface area (Å²) in [7, 11) is 0. The van der Waals surface area contributed by atoms with E-state index in [0.29, 0.717) is 0 Å². The van der Waals surface area contributed by atoms with Gasteiger partial charge in [-0.1, -0.05) is 24.3 Å². The van der Waals surface area contributed by atoms with Gasteiger partial charge in [-0.2, -0.15) is 0 Å². The van der Waals surface area contributed by atoms with Crippen LogP contribution in [0.25, 0.3) is 5.69 Å². The number of para-hydroxylation sites is 1. The second-order valence-corrected chi connectivity index (χ2v) is 7.40. The van der Waals surface area contributed by atoms with Gasteiger partial charge in [0.2, 0.25) is 0 Å². The number of piperazine rings is 1. The van der Waals surface area contributed by atoms with Crippen molar-refractivity contribution in [3.63, 3.8) is 0 Å². The van der Waals surface area contributed by atoms with Crippen LogP contribution in [0.2, 0.25) is 0 Å². The van der Waals surface area contributed by atoms with Crippen LogP contribution in [0.3, 0.4) is 0 Å². The van der Waals surface area contributed by atoms with Gasteiger partial charge in [0.1, 0.15) is 6.33 Å². The van der Waals surface area contributed by atoms with E-state index in [1.807, 2.05) is 34.5 Å². The Morgan fingerprint density at radius 3 is 2.65 bits per heavy atom. The van der Waals surface area contributed by atoms with E-state index in [1.165, 1.54) is 16.9 Å². The third-order valence-corrected chi connectivity index (χ3v) is 5.61. The summed E-state index contributed by atoms with van der Waals surface area (Å²) in [5.41, 5.74) is 2.30. The molecule has 2 aromatic heterocycles. The summed E-state index contributed by atoms with van der Waals surface area (Å²) in [4.78, 5) is 17.5. The number of aryl methyl sites for hydroxylation is 1. The largest absolute Gasteiger partial charge is 0.335 e. The highest BCUT2D eigenvalue weighted by molar-refractivity contribution is 7.12. The number of hydrogen-bond donors (Lipinski definition) is 0. The van der Waals surface area contributed by atoms with Crippen molar-refractivity contribution in [2.24, 2.45) is 0 Å². The Labute approximate surface area is 156 Å². The van der Waals surface area contributed by atoms with Gasteiger partial charge in [0, 0.05) is 26.2 Å². The molecule has 7 heteroatoms. The molecule has 0 spiro atoms. The van der Waals surface area contributed by atoms with Crippen LogP contribution < -0.4 is 0 Å². The number of amides is 1. The van der Waals surface area contributed by atoms with Crippen LogP contribution in [0.15, 0.2) is 48.1 Å². The molecule has 1 amide bonds. The molecule has 4 rings (SSSR count). The van der Waals surface area contributed by atoms with Gasteiger partial charge >= 0.3 is 0 Å². The smallest absolute Gasteiger partial charge is 0.264 e. The van der Waals surface area contributed by atoms with Crippen LogP contribution in [0.5, 0.6) is 0 Å². The van der Waals surface area contributed by atoms with Crippen molar-refractivity contribution in [3.8, 4) is 5.69 Å². The molecule has 0 atom stereocenters. The molecule has 6 nitrogen and oxygen atoms in total. The third kappa shape index (κ3) is 3.40. The number of aromatic nitrogens is 3. The Morgan fingerprint density at radius 1 is 1.12 bits per heavy atom. The van der Waals surface area contributed by atoms with Crippen LogP contribution in [0.4, 0.5) is 0 Å². The molecular weight excluding hydrogens is 346 g/mol. The Balaban J connectivity index is 1.41. The first-order valence-corrected chi connectivity index (χ1v) is 9.60. The standard InChI is InChI=1S/C19H21N5OS/c1-15-5-2-3-6-16(15)24-14-20-21-18(24)13-22-8-10-23(11-9-22)19(25)17-7-4-12-26-17/h2-7,12,14H,8-11,13H2,1H3. The van der Waals surface area contributed by atoms with Crippen molar-refractivity contribution in [3.05, 3.63) is 64.4 Å². The molecule has 3 aromatic rings. The number of nitrogens with zero attached hydrogens (tertiary/aromatic N) is 5. The second kappa shape index (κ2) is 7.39. The average molecular weight is 367 g/mol. The zero-order chi connectivity index (χ0) is 17.9. The van der Waals surface area contributed by atoms with E-state index in [9.17, 15) is 4.79 Å². The number of carbonyl (C=O) groups excluding carboxylic acids is 1. The fourth-order valence-electron chi connectivity index (χ4n) is 3.27. The minimum Gasteiger partial charge on any atom is -0.335 e. The molecule has 1 aromatic carbocycles. The van der Waals surface area contributed by atoms with Crippen molar-refractivity contribution in [2.45, 2.75) is 13.5 Å². The van der Waals surface area contributed by atoms with E-state index >= 15 is 0 Å². The summed E-state index contributed by atoms with van der Waals surface area (Å²) in [5.74, 6) is 1.07. The first-order valence-electron chi connectivity index (χ1n) is 8.72. The number of carbonyl (C=O) groups is 1. The Hall–Kier alpha value is -2.51. The zero-order valence-corrected chi connectivity index (χ0v) is 15.5. The van der Waals surface area contributed by atoms with Crippen molar-refractivity contribution < 1.29 is 4.79 Å². The molecule has 0 saturated carbocycles. The topological polar surface area (TPSA) is 54.3 Å². The number of benzene rings is 1. The van der Waals surface area contributed by atoms with Gasteiger partial charge in [-0.25, -0.2) is 0 Å². The molecular formula is C19H21N5OS. The molecule has 0 radical (unpaired) electrons. The minimum absolute atomic E-state index is 0.141. The molecule has 1 aliphatic rings. The second-order valence-electron chi connectivity index (χ2n) is 6.45. The molecule has 1 fully saturated rings. The van der Waals surface area contributed by atoms with Gasteiger partial charge in [0.05, 0.1) is 17.1 Å². The highest BCUT2D eigenvalue weighted by Crippen LogP contribution is 2.17. The molecule has 1 saturated heterocycles. The molecule has 26 heavy (non-hydrogen) atoms. The van der Waals surface area contributed by atoms with E-state index in [-0.39, 0.29) is 5.91 Å². The molecule has 134 valence electrons. The summed E-state index contributed by atoms with van der Waals surface area (Å²) in [6.07, 6.45) is 1.77. The lowest BCUT2D eigenvalue weighted by molar-refractivity contribution is 0.0629. The van der Waals surface area contributed by atoms with Crippen LogP contribution in [-0.4, -0.2) is 56.7 Å².